The Morgan fingerprint density at radius 3 is 2.63 bits per heavy atom. The zero-order valence-electron chi connectivity index (χ0n) is 11.5. The number of ether oxygens (including phenoxy) is 1. The summed E-state index contributed by atoms with van der Waals surface area (Å²) < 4.78 is 31.8. The second kappa shape index (κ2) is 5.75. The third-order valence-electron chi connectivity index (χ3n) is 2.99. The van der Waals surface area contributed by atoms with Crippen LogP contribution in [0.1, 0.15) is 30.0 Å². The van der Waals surface area contributed by atoms with E-state index >= 15 is 0 Å². The van der Waals surface area contributed by atoms with Crippen LogP contribution >= 0.6 is 0 Å². The summed E-state index contributed by atoms with van der Waals surface area (Å²) in [5, 5.41) is 3.01. The van der Waals surface area contributed by atoms with Crippen LogP contribution in [0, 0.1) is 0 Å². The predicted octanol–water partition coefficient (Wildman–Crippen LogP) is 0.979. The largest absolute Gasteiger partial charge is 0.463 e. The summed E-state index contributed by atoms with van der Waals surface area (Å²) in [6.07, 6.45) is 2.59. The molecular formula is C12H19NO5S. The maximum absolute atomic E-state index is 11.5. The van der Waals surface area contributed by atoms with Crippen LogP contribution in [0.3, 0.4) is 0 Å². The van der Waals surface area contributed by atoms with E-state index in [1.165, 1.54) is 19.6 Å². The number of rotatable bonds is 6. The van der Waals surface area contributed by atoms with Crippen molar-refractivity contribution in [3.63, 3.8) is 0 Å². The van der Waals surface area contributed by atoms with E-state index in [1.54, 1.807) is 19.9 Å². The number of hydrogen-bond donors (Lipinski definition) is 1. The van der Waals surface area contributed by atoms with Crippen molar-refractivity contribution in [3.8, 4) is 0 Å². The lowest BCUT2D eigenvalue weighted by Crippen LogP contribution is -2.41. The van der Waals surface area contributed by atoms with Crippen LogP contribution in [0.2, 0.25) is 0 Å². The highest BCUT2D eigenvalue weighted by molar-refractivity contribution is 7.92. The summed E-state index contributed by atoms with van der Waals surface area (Å²) in [6, 6.07) is 1.65. The Labute approximate surface area is 113 Å². The molecule has 1 rings (SSSR count). The molecule has 1 N–H and O–H groups in total. The van der Waals surface area contributed by atoms with Gasteiger partial charge in [-0.05, 0) is 19.9 Å². The maximum Gasteiger partial charge on any atom is 0.374 e. The molecule has 0 unspecified atom stereocenters. The zero-order valence-corrected chi connectivity index (χ0v) is 12.3. The van der Waals surface area contributed by atoms with Gasteiger partial charge in [0, 0.05) is 24.9 Å². The third kappa shape index (κ3) is 3.81. The topological polar surface area (TPSA) is 85.6 Å². The van der Waals surface area contributed by atoms with Gasteiger partial charge in [-0.15, -0.1) is 0 Å². The first kappa shape index (κ1) is 15.7. The van der Waals surface area contributed by atoms with Crippen LogP contribution in [0.15, 0.2) is 16.7 Å². The molecule has 0 aliphatic carbocycles. The minimum Gasteiger partial charge on any atom is -0.463 e. The number of methoxy groups -OCH3 is 1. The van der Waals surface area contributed by atoms with E-state index in [9.17, 15) is 13.2 Å². The zero-order chi connectivity index (χ0) is 14.7. The van der Waals surface area contributed by atoms with Gasteiger partial charge >= 0.3 is 5.97 Å². The third-order valence-corrected chi connectivity index (χ3v) is 5.14. The lowest BCUT2D eigenvalue weighted by atomic mass is 10.2. The number of carbonyl (C=O) groups is 1. The predicted molar refractivity (Wildman–Crippen MR) is 70.7 cm³/mol. The highest BCUT2D eigenvalue weighted by atomic mass is 32.2. The van der Waals surface area contributed by atoms with Crippen molar-refractivity contribution in [3.05, 3.63) is 23.7 Å². The monoisotopic (exact) mass is 289 g/mol. The molecule has 7 heteroatoms. The molecule has 0 aliphatic heterocycles. The molecule has 0 bridgehead atoms. The number of sulfone groups is 1. The Bertz CT molecular complexity index is 544. The Morgan fingerprint density at radius 1 is 1.47 bits per heavy atom. The Balaban J connectivity index is 2.65. The van der Waals surface area contributed by atoms with Crippen molar-refractivity contribution < 1.29 is 22.4 Å². The van der Waals surface area contributed by atoms with Gasteiger partial charge in [-0.2, -0.15) is 0 Å². The molecule has 19 heavy (non-hydrogen) atoms. The SMILES string of the molecule is COC(=O)c1occc1CNCC(C)(C)S(C)(=O)=O. The molecule has 0 saturated heterocycles. The van der Waals surface area contributed by atoms with Crippen molar-refractivity contribution in [2.45, 2.75) is 25.1 Å². The van der Waals surface area contributed by atoms with Gasteiger partial charge in [-0.1, -0.05) is 0 Å². The van der Waals surface area contributed by atoms with Crippen molar-refractivity contribution in [2.24, 2.45) is 0 Å². The van der Waals surface area contributed by atoms with E-state index in [-0.39, 0.29) is 12.3 Å². The van der Waals surface area contributed by atoms with Gasteiger partial charge < -0.3 is 14.5 Å². The van der Waals surface area contributed by atoms with Crippen LogP contribution in [0.25, 0.3) is 0 Å². The summed E-state index contributed by atoms with van der Waals surface area (Å²) >= 11 is 0. The van der Waals surface area contributed by atoms with Crippen molar-refractivity contribution in [2.75, 3.05) is 19.9 Å². The second-order valence-corrected chi connectivity index (χ2v) is 7.55. The van der Waals surface area contributed by atoms with E-state index in [1.807, 2.05) is 0 Å². The van der Waals surface area contributed by atoms with Crippen molar-refractivity contribution in [1.82, 2.24) is 5.32 Å². The Morgan fingerprint density at radius 2 is 2.11 bits per heavy atom. The molecule has 0 amide bonds. The van der Waals surface area contributed by atoms with E-state index in [4.69, 9.17) is 4.42 Å². The first-order valence-corrected chi connectivity index (χ1v) is 7.63. The van der Waals surface area contributed by atoms with Crippen LogP contribution < -0.4 is 5.32 Å². The number of hydrogen-bond acceptors (Lipinski definition) is 6. The fourth-order valence-electron chi connectivity index (χ4n) is 1.38. The standard InChI is InChI=1S/C12H19NO5S/c1-12(2,19(4,15)16)8-13-7-9-5-6-18-10(9)11(14)17-3/h5-6,13H,7-8H2,1-4H3. The Kier molecular flexibility index (Phi) is 4.75. The Hall–Kier alpha value is -1.34. The lowest BCUT2D eigenvalue weighted by molar-refractivity contribution is 0.0563. The van der Waals surface area contributed by atoms with E-state index < -0.39 is 20.6 Å². The molecule has 0 fully saturated rings. The van der Waals surface area contributed by atoms with Crippen LogP contribution in [0.4, 0.5) is 0 Å². The van der Waals surface area contributed by atoms with Crippen LogP contribution in [0.5, 0.6) is 0 Å². The normalized spacial score (nSPS) is 12.4. The molecule has 0 atom stereocenters. The highest BCUT2D eigenvalue weighted by Crippen LogP contribution is 2.15. The first-order valence-electron chi connectivity index (χ1n) is 5.74. The summed E-state index contributed by atoms with van der Waals surface area (Å²) in [5.41, 5.74) is 0.635. The molecular weight excluding hydrogens is 270 g/mol. The fraction of sp³-hybridized carbons (Fsp3) is 0.583. The summed E-state index contributed by atoms with van der Waals surface area (Å²) in [6.45, 7) is 3.90. The van der Waals surface area contributed by atoms with E-state index in [2.05, 4.69) is 10.1 Å². The molecule has 1 heterocycles. The summed E-state index contributed by atoms with van der Waals surface area (Å²) in [4.78, 5) is 11.4. The van der Waals surface area contributed by atoms with Gasteiger partial charge in [0.05, 0.1) is 18.1 Å². The molecule has 0 spiro atoms. The second-order valence-electron chi connectivity index (χ2n) is 4.90. The number of furan rings is 1. The fourth-order valence-corrected chi connectivity index (χ4v) is 1.74. The number of esters is 1. The highest BCUT2D eigenvalue weighted by Gasteiger charge is 2.29. The van der Waals surface area contributed by atoms with Crippen molar-refractivity contribution in [1.29, 1.82) is 0 Å². The van der Waals surface area contributed by atoms with E-state index in [0.29, 0.717) is 12.1 Å². The van der Waals surface area contributed by atoms with E-state index in [0.717, 1.165) is 0 Å². The van der Waals surface area contributed by atoms with Crippen LogP contribution in [-0.2, 0) is 21.1 Å². The van der Waals surface area contributed by atoms with Gasteiger partial charge in [0.25, 0.3) is 0 Å². The minimum atomic E-state index is -3.15. The van der Waals surface area contributed by atoms with Crippen molar-refractivity contribution >= 4 is 15.8 Å². The van der Waals surface area contributed by atoms with Crippen LogP contribution in [-0.4, -0.2) is 39.0 Å². The smallest absolute Gasteiger partial charge is 0.374 e. The number of carbonyl (C=O) groups excluding carboxylic acids is 1. The first-order chi connectivity index (χ1) is 8.69. The maximum atomic E-state index is 11.5. The average molecular weight is 289 g/mol. The molecule has 0 aliphatic rings. The molecule has 1 aromatic rings. The number of nitrogens with one attached hydrogen (secondary N) is 1. The molecule has 6 nitrogen and oxygen atoms in total. The van der Waals surface area contributed by atoms with Gasteiger partial charge in [-0.25, -0.2) is 13.2 Å². The quantitative estimate of drug-likeness (QED) is 0.786. The molecule has 0 saturated carbocycles. The van der Waals surface area contributed by atoms with Gasteiger partial charge in [-0.3, -0.25) is 0 Å². The molecule has 0 aromatic carbocycles. The lowest BCUT2D eigenvalue weighted by Gasteiger charge is -2.22. The molecule has 0 radical (unpaired) electrons. The van der Waals surface area contributed by atoms with Gasteiger partial charge in [0.1, 0.15) is 0 Å². The summed E-state index contributed by atoms with van der Waals surface area (Å²) in [7, 11) is -1.88. The van der Waals surface area contributed by atoms with Gasteiger partial charge in [0.15, 0.2) is 9.84 Å². The molecule has 108 valence electrons. The average Bonchev–Trinajstić information content (AvgIpc) is 2.74. The molecule has 1 aromatic heterocycles. The summed E-state index contributed by atoms with van der Waals surface area (Å²) in [5.74, 6) is -0.420. The minimum absolute atomic E-state index is 0.132. The van der Waals surface area contributed by atoms with Gasteiger partial charge in [0.2, 0.25) is 5.76 Å².